The summed E-state index contributed by atoms with van der Waals surface area (Å²) in [6.45, 7) is 16.4. The zero-order valence-electron chi connectivity index (χ0n) is 41.6. The third-order valence-electron chi connectivity index (χ3n) is 15.7. The van der Waals surface area contributed by atoms with Gasteiger partial charge in [-0.05, 0) is 166 Å². The SMILES string of the molecule is CCC(=O)NCCCNC(=O)CCN1CCC(CCCC2CCN(CCC(=O)CCCCCC(=O)CCN3CCC(CCCC4CCN(CCC(=O)CCCCN)CC4)CC3)CC2)CC1. The fourth-order valence-corrected chi connectivity index (χ4v) is 10.9. The maximum atomic E-state index is 12.7. The van der Waals surface area contributed by atoms with Crippen LogP contribution in [0, 0.1) is 23.7 Å². The Balaban J connectivity index is 0.881. The second-order valence-electron chi connectivity index (χ2n) is 20.8. The molecule has 0 saturated carbocycles. The Kier molecular flexibility index (Phi) is 29.0. The Morgan fingerprint density at radius 1 is 0.400 bits per heavy atom. The molecule has 0 aromatic heterocycles. The van der Waals surface area contributed by atoms with Gasteiger partial charge in [-0.25, -0.2) is 0 Å². The maximum Gasteiger partial charge on any atom is 0.221 e. The minimum atomic E-state index is 0.0571. The van der Waals surface area contributed by atoms with E-state index in [1.54, 1.807) is 0 Å². The summed E-state index contributed by atoms with van der Waals surface area (Å²) in [5.41, 5.74) is 5.55. The quantitative estimate of drug-likeness (QED) is 0.0545. The molecule has 0 bridgehead atoms. The van der Waals surface area contributed by atoms with Crippen LogP contribution in [0.25, 0.3) is 0 Å². The fourth-order valence-electron chi connectivity index (χ4n) is 10.9. The standard InChI is InChI=1S/C53H97N7O5/c1-2-52(64)55-31-10-32-56-53(65)29-44-60-39-24-48(25-40-60)14-9-13-47-20-35-58(36-21-47)42-27-50(62)16-5-3-4-15-49(61)26-41-57-33-18-45(19-34-57)11-8-12-46-22-37-59(38-23-46)43-28-51(63)17-6-7-30-54/h45-48H,2-44,54H2,1H3,(H,55,64)(H,56,65). The van der Waals surface area contributed by atoms with Crippen molar-refractivity contribution in [3.63, 3.8) is 0 Å². The van der Waals surface area contributed by atoms with Crippen molar-refractivity contribution in [3.8, 4) is 0 Å². The van der Waals surface area contributed by atoms with Gasteiger partial charge in [0.2, 0.25) is 11.8 Å². The van der Waals surface area contributed by atoms with Gasteiger partial charge in [-0.1, -0.05) is 51.9 Å². The molecule has 0 unspecified atom stereocenters. The molecule has 0 aliphatic carbocycles. The van der Waals surface area contributed by atoms with E-state index < -0.39 is 0 Å². The minimum Gasteiger partial charge on any atom is -0.356 e. The zero-order chi connectivity index (χ0) is 46.3. The van der Waals surface area contributed by atoms with Crippen molar-refractivity contribution in [2.75, 3.05) is 98.2 Å². The maximum absolute atomic E-state index is 12.7. The number of amides is 2. The molecular formula is C53H97N7O5. The van der Waals surface area contributed by atoms with Crippen LogP contribution >= 0.6 is 0 Å². The average Bonchev–Trinajstić information content (AvgIpc) is 3.32. The van der Waals surface area contributed by atoms with E-state index in [2.05, 4.69) is 30.2 Å². The first-order valence-electron chi connectivity index (χ1n) is 27.4. The Labute approximate surface area is 396 Å². The smallest absolute Gasteiger partial charge is 0.221 e. The number of carbonyl (C=O) groups is 5. The molecule has 4 aliphatic heterocycles. The average molecular weight is 912 g/mol. The number of nitrogens with one attached hydrogen (secondary N) is 2. The molecule has 0 spiro atoms. The van der Waals surface area contributed by atoms with Gasteiger partial charge in [0.15, 0.2) is 0 Å². The Bertz CT molecular complexity index is 1320. The number of piperidine rings is 4. The second-order valence-corrected chi connectivity index (χ2v) is 20.8. The minimum absolute atomic E-state index is 0.0571. The molecule has 0 aromatic rings. The van der Waals surface area contributed by atoms with Gasteiger partial charge in [-0.15, -0.1) is 0 Å². The number of rotatable bonds is 35. The second kappa shape index (κ2) is 34.1. The Hall–Kier alpha value is -2.25. The summed E-state index contributed by atoms with van der Waals surface area (Å²) in [4.78, 5) is 70.9. The lowest BCUT2D eigenvalue weighted by atomic mass is 9.86. The van der Waals surface area contributed by atoms with Gasteiger partial charge in [0.1, 0.15) is 17.3 Å². The van der Waals surface area contributed by atoms with E-state index >= 15 is 0 Å². The van der Waals surface area contributed by atoms with Crippen molar-refractivity contribution < 1.29 is 24.0 Å². The van der Waals surface area contributed by atoms with Crippen LogP contribution in [0.1, 0.15) is 187 Å². The van der Waals surface area contributed by atoms with Crippen LogP contribution in [0.3, 0.4) is 0 Å². The summed E-state index contributed by atoms with van der Waals surface area (Å²) in [6.07, 6.45) is 28.8. The molecule has 4 N–H and O–H groups in total. The topological polar surface area (TPSA) is 148 Å². The van der Waals surface area contributed by atoms with Crippen molar-refractivity contribution in [1.29, 1.82) is 0 Å². The molecule has 65 heavy (non-hydrogen) atoms. The predicted octanol–water partition coefficient (Wildman–Crippen LogP) is 7.55. The van der Waals surface area contributed by atoms with Gasteiger partial charge in [0.25, 0.3) is 0 Å². The summed E-state index contributed by atoms with van der Waals surface area (Å²) < 4.78 is 0. The normalized spacial score (nSPS) is 19.4. The van der Waals surface area contributed by atoms with E-state index in [0.717, 1.165) is 141 Å². The summed E-state index contributed by atoms with van der Waals surface area (Å²) >= 11 is 0. The fraction of sp³-hybridized carbons (Fsp3) is 0.906. The van der Waals surface area contributed by atoms with Crippen LogP contribution in [0.2, 0.25) is 0 Å². The lowest BCUT2D eigenvalue weighted by molar-refractivity contribution is -0.122. The number of ketones is 3. The van der Waals surface area contributed by atoms with Crippen molar-refractivity contribution in [2.45, 2.75) is 187 Å². The van der Waals surface area contributed by atoms with Crippen LogP contribution in [-0.4, -0.2) is 147 Å². The molecule has 4 aliphatic rings. The highest BCUT2D eigenvalue weighted by molar-refractivity contribution is 5.79. The summed E-state index contributed by atoms with van der Waals surface area (Å²) in [5.74, 6) is 4.69. The molecule has 4 rings (SSSR count). The first-order valence-corrected chi connectivity index (χ1v) is 27.4. The van der Waals surface area contributed by atoms with Gasteiger partial charge >= 0.3 is 0 Å². The number of nitrogens with two attached hydrogens (primary N) is 1. The molecule has 4 fully saturated rings. The molecule has 4 saturated heterocycles. The molecule has 4 heterocycles. The largest absolute Gasteiger partial charge is 0.356 e. The number of nitrogens with zero attached hydrogens (tertiary/aromatic N) is 4. The number of likely N-dealkylation sites (tertiary alicyclic amines) is 4. The van der Waals surface area contributed by atoms with Gasteiger partial charge in [0, 0.05) is 90.6 Å². The Morgan fingerprint density at radius 2 is 0.723 bits per heavy atom. The molecular weight excluding hydrogens is 815 g/mol. The first kappa shape index (κ1) is 55.3. The van der Waals surface area contributed by atoms with Crippen LogP contribution in [0.15, 0.2) is 0 Å². The van der Waals surface area contributed by atoms with E-state index in [1.165, 1.54) is 89.9 Å². The molecule has 374 valence electrons. The summed E-state index contributed by atoms with van der Waals surface area (Å²) in [7, 11) is 0. The van der Waals surface area contributed by atoms with Crippen LogP contribution in [-0.2, 0) is 24.0 Å². The highest BCUT2D eigenvalue weighted by Crippen LogP contribution is 2.29. The highest BCUT2D eigenvalue weighted by Gasteiger charge is 2.24. The molecule has 0 aromatic carbocycles. The van der Waals surface area contributed by atoms with Crippen molar-refractivity contribution >= 4 is 29.2 Å². The summed E-state index contributed by atoms with van der Waals surface area (Å²) in [6, 6.07) is 0. The number of Topliss-reactive ketones (excluding diaryl/α,β-unsaturated/α-hetero) is 3. The van der Waals surface area contributed by atoms with E-state index in [9.17, 15) is 24.0 Å². The number of carbonyl (C=O) groups excluding carboxylic acids is 5. The molecule has 0 radical (unpaired) electrons. The van der Waals surface area contributed by atoms with Crippen LogP contribution in [0.5, 0.6) is 0 Å². The number of hydrogen-bond acceptors (Lipinski definition) is 10. The van der Waals surface area contributed by atoms with Crippen molar-refractivity contribution in [2.24, 2.45) is 29.4 Å². The molecule has 0 atom stereocenters. The third kappa shape index (κ3) is 25.6. The monoisotopic (exact) mass is 912 g/mol. The molecule has 2 amide bonds. The van der Waals surface area contributed by atoms with Crippen molar-refractivity contribution in [3.05, 3.63) is 0 Å². The lowest BCUT2D eigenvalue weighted by Crippen LogP contribution is -2.37. The van der Waals surface area contributed by atoms with Gasteiger partial charge in [-0.3, -0.25) is 24.0 Å². The van der Waals surface area contributed by atoms with Crippen LogP contribution < -0.4 is 16.4 Å². The number of unbranched alkanes of at least 4 members (excludes halogenated alkanes) is 3. The van der Waals surface area contributed by atoms with Crippen LogP contribution in [0.4, 0.5) is 0 Å². The molecule has 12 heteroatoms. The van der Waals surface area contributed by atoms with E-state index in [1.807, 2.05) is 6.92 Å². The predicted molar refractivity (Wildman–Crippen MR) is 265 cm³/mol. The first-order chi connectivity index (χ1) is 31.7. The lowest BCUT2D eigenvalue weighted by Gasteiger charge is -2.33. The number of hydrogen-bond donors (Lipinski definition) is 3. The van der Waals surface area contributed by atoms with E-state index in [-0.39, 0.29) is 11.8 Å². The van der Waals surface area contributed by atoms with Gasteiger partial charge < -0.3 is 36.0 Å². The van der Waals surface area contributed by atoms with E-state index in [0.29, 0.717) is 88.4 Å². The van der Waals surface area contributed by atoms with E-state index in [4.69, 9.17) is 5.73 Å². The van der Waals surface area contributed by atoms with Crippen molar-refractivity contribution in [1.82, 2.24) is 30.2 Å². The zero-order valence-corrected chi connectivity index (χ0v) is 41.6. The summed E-state index contributed by atoms with van der Waals surface area (Å²) in [5, 5.41) is 5.83. The molecule has 12 nitrogen and oxygen atoms in total. The van der Waals surface area contributed by atoms with Gasteiger partial charge in [0.05, 0.1) is 0 Å². The Morgan fingerprint density at radius 3 is 1.06 bits per heavy atom. The third-order valence-corrected chi connectivity index (χ3v) is 15.7. The highest BCUT2D eigenvalue weighted by atomic mass is 16.2. The van der Waals surface area contributed by atoms with Gasteiger partial charge in [-0.2, -0.15) is 0 Å².